The van der Waals surface area contributed by atoms with Crippen LogP contribution in [0.2, 0.25) is 0 Å². The molecule has 7 heteroatoms. The SMILES string of the molecule is C/C(=N/NC(=O)[C@H](O)c1ccccc1)c1cccc(NC(=O)c2ccccc2F)c1. The van der Waals surface area contributed by atoms with Crippen molar-refractivity contribution in [2.24, 2.45) is 5.10 Å². The van der Waals surface area contributed by atoms with Crippen LogP contribution in [0.5, 0.6) is 0 Å². The van der Waals surface area contributed by atoms with E-state index in [4.69, 9.17) is 0 Å². The van der Waals surface area contributed by atoms with Gasteiger partial charge in [0.05, 0.1) is 11.3 Å². The monoisotopic (exact) mass is 405 g/mol. The van der Waals surface area contributed by atoms with E-state index in [2.05, 4.69) is 15.8 Å². The molecule has 0 radical (unpaired) electrons. The number of carbonyl (C=O) groups excluding carboxylic acids is 2. The zero-order valence-corrected chi connectivity index (χ0v) is 16.2. The third kappa shape index (κ3) is 5.15. The fraction of sp³-hybridized carbons (Fsp3) is 0.0870. The molecule has 0 saturated carbocycles. The van der Waals surface area contributed by atoms with Crippen molar-refractivity contribution in [3.05, 3.63) is 101 Å². The minimum absolute atomic E-state index is 0.0598. The summed E-state index contributed by atoms with van der Waals surface area (Å²) < 4.78 is 13.8. The Labute approximate surface area is 173 Å². The molecule has 3 aromatic rings. The first-order valence-electron chi connectivity index (χ1n) is 9.19. The van der Waals surface area contributed by atoms with Crippen molar-refractivity contribution < 1.29 is 19.1 Å². The zero-order chi connectivity index (χ0) is 21.5. The number of aliphatic hydroxyl groups excluding tert-OH is 1. The topological polar surface area (TPSA) is 90.8 Å². The Morgan fingerprint density at radius 2 is 1.67 bits per heavy atom. The van der Waals surface area contributed by atoms with Crippen LogP contribution >= 0.6 is 0 Å². The third-order valence-electron chi connectivity index (χ3n) is 4.35. The highest BCUT2D eigenvalue weighted by Crippen LogP contribution is 2.15. The summed E-state index contributed by atoms with van der Waals surface area (Å²) in [7, 11) is 0. The molecular formula is C23H20FN3O3. The molecule has 0 unspecified atom stereocenters. The number of amides is 2. The summed E-state index contributed by atoms with van der Waals surface area (Å²) in [6, 6.07) is 21.0. The number of hydrogen-bond donors (Lipinski definition) is 3. The molecule has 3 aromatic carbocycles. The first-order chi connectivity index (χ1) is 14.5. The molecule has 0 spiro atoms. The van der Waals surface area contributed by atoms with Crippen LogP contribution in [0.3, 0.4) is 0 Å². The van der Waals surface area contributed by atoms with Crippen molar-refractivity contribution in [1.29, 1.82) is 0 Å². The molecule has 0 aliphatic carbocycles. The second-order valence-corrected chi connectivity index (χ2v) is 6.50. The Morgan fingerprint density at radius 3 is 2.40 bits per heavy atom. The molecule has 0 aliphatic rings. The van der Waals surface area contributed by atoms with E-state index in [0.717, 1.165) is 0 Å². The van der Waals surface area contributed by atoms with Gasteiger partial charge in [0.25, 0.3) is 11.8 Å². The fourth-order valence-electron chi connectivity index (χ4n) is 2.72. The lowest BCUT2D eigenvalue weighted by atomic mass is 10.1. The summed E-state index contributed by atoms with van der Waals surface area (Å²) in [6.07, 6.45) is -1.34. The van der Waals surface area contributed by atoms with E-state index in [1.54, 1.807) is 67.6 Å². The van der Waals surface area contributed by atoms with Gasteiger partial charge in [-0.1, -0.05) is 54.6 Å². The molecule has 0 heterocycles. The Kier molecular flexibility index (Phi) is 6.67. The van der Waals surface area contributed by atoms with Crippen LogP contribution < -0.4 is 10.7 Å². The molecule has 30 heavy (non-hydrogen) atoms. The first-order valence-corrected chi connectivity index (χ1v) is 9.19. The van der Waals surface area contributed by atoms with Crippen molar-refractivity contribution in [3.63, 3.8) is 0 Å². The van der Waals surface area contributed by atoms with E-state index in [-0.39, 0.29) is 5.56 Å². The standard InChI is InChI=1S/C23H20FN3O3/c1-15(26-27-23(30)21(28)16-8-3-2-4-9-16)17-10-7-11-18(14-17)25-22(29)19-12-5-6-13-20(19)24/h2-14,21,28H,1H3,(H,25,29)(H,27,30)/b26-15-/t21-/m1/s1. The van der Waals surface area contributed by atoms with Crippen LogP contribution in [-0.2, 0) is 4.79 Å². The highest BCUT2D eigenvalue weighted by Gasteiger charge is 2.16. The Bertz CT molecular complexity index is 1080. The van der Waals surface area contributed by atoms with Crippen molar-refractivity contribution in [3.8, 4) is 0 Å². The predicted octanol–water partition coefficient (Wildman–Crippen LogP) is 3.65. The third-order valence-corrected chi connectivity index (χ3v) is 4.35. The number of nitrogens with zero attached hydrogens (tertiary/aromatic N) is 1. The number of nitrogens with one attached hydrogen (secondary N) is 2. The molecule has 0 aliphatic heterocycles. The van der Waals surface area contributed by atoms with Gasteiger partial charge < -0.3 is 10.4 Å². The highest BCUT2D eigenvalue weighted by atomic mass is 19.1. The summed E-state index contributed by atoms with van der Waals surface area (Å²) >= 11 is 0. The summed E-state index contributed by atoms with van der Waals surface area (Å²) in [6.45, 7) is 1.67. The lowest BCUT2D eigenvalue weighted by molar-refractivity contribution is -0.129. The fourth-order valence-corrected chi connectivity index (χ4v) is 2.72. The molecule has 152 valence electrons. The van der Waals surface area contributed by atoms with Gasteiger partial charge >= 0.3 is 0 Å². The molecule has 3 N–H and O–H groups in total. The molecule has 0 fully saturated rings. The number of anilines is 1. The zero-order valence-electron chi connectivity index (χ0n) is 16.2. The van der Waals surface area contributed by atoms with Crippen LogP contribution in [-0.4, -0.2) is 22.6 Å². The van der Waals surface area contributed by atoms with E-state index in [9.17, 15) is 19.1 Å². The number of carbonyl (C=O) groups is 2. The molecule has 2 amide bonds. The van der Waals surface area contributed by atoms with E-state index in [0.29, 0.717) is 22.5 Å². The molecule has 0 saturated heterocycles. The lowest BCUT2D eigenvalue weighted by Crippen LogP contribution is -2.26. The summed E-state index contributed by atoms with van der Waals surface area (Å²) in [5, 5.41) is 16.7. The van der Waals surface area contributed by atoms with Gasteiger partial charge in [0.15, 0.2) is 6.10 Å². The van der Waals surface area contributed by atoms with Crippen molar-refractivity contribution in [1.82, 2.24) is 5.43 Å². The van der Waals surface area contributed by atoms with E-state index < -0.39 is 23.7 Å². The van der Waals surface area contributed by atoms with Gasteiger partial charge in [0, 0.05) is 5.69 Å². The number of benzene rings is 3. The minimum Gasteiger partial charge on any atom is -0.378 e. The van der Waals surface area contributed by atoms with E-state index in [1.165, 1.54) is 18.2 Å². The van der Waals surface area contributed by atoms with Gasteiger partial charge in [-0.25, -0.2) is 9.82 Å². The quantitative estimate of drug-likeness (QED) is 0.432. The molecule has 1 atom stereocenters. The summed E-state index contributed by atoms with van der Waals surface area (Å²) in [5.74, 6) is -1.84. The molecule has 6 nitrogen and oxygen atoms in total. The van der Waals surface area contributed by atoms with Gasteiger partial charge in [-0.15, -0.1) is 0 Å². The van der Waals surface area contributed by atoms with Gasteiger partial charge in [0.2, 0.25) is 0 Å². The number of hydrogen-bond acceptors (Lipinski definition) is 4. The normalized spacial score (nSPS) is 12.2. The average Bonchev–Trinajstić information content (AvgIpc) is 2.77. The van der Waals surface area contributed by atoms with Gasteiger partial charge in [-0.3, -0.25) is 9.59 Å². The number of halogens is 1. The predicted molar refractivity (Wildman–Crippen MR) is 113 cm³/mol. The molecular weight excluding hydrogens is 385 g/mol. The average molecular weight is 405 g/mol. The Morgan fingerprint density at radius 1 is 0.967 bits per heavy atom. The maximum atomic E-state index is 13.8. The Hall–Kier alpha value is -3.84. The van der Waals surface area contributed by atoms with Gasteiger partial charge in [-0.05, 0) is 42.3 Å². The van der Waals surface area contributed by atoms with Crippen molar-refractivity contribution >= 4 is 23.2 Å². The second kappa shape index (κ2) is 9.58. The smallest absolute Gasteiger partial charge is 0.273 e. The highest BCUT2D eigenvalue weighted by molar-refractivity contribution is 6.06. The summed E-state index contributed by atoms with van der Waals surface area (Å²) in [5.41, 5.74) is 4.28. The Balaban J connectivity index is 1.68. The maximum absolute atomic E-state index is 13.8. The van der Waals surface area contributed by atoms with Crippen LogP contribution in [0.4, 0.5) is 10.1 Å². The van der Waals surface area contributed by atoms with Crippen molar-refractivity contribution in [2.75, 3.05) is 5.32 Å². The van der Waals surface area contributed by atoms with Crippen LogP contribution in [0, 0.1) is 5.82 Å². The van der Waals surface area contributed by atoms with Crippen LogP contribution in [0.15, 0.2) is 84.0 Å². The van der Waals surface area contributed by atoms with Crippen LogP contribution in [0.25, 0.3) is 0 Å². The first kappa shape index (κ1) is 20.9. The maximum Gasteiger partial charge on any atom is 0.273 e. The lowest BCUT2D eigenvalue weighted by Gasteiger charge is -2.10. The van der Waals surface area contributed by atoms with Crippen molar-refractivity contribution in [2.45, 2.75) is 13.0 Å². The van der Waals surface area contributed by atoms with Gasteiger partial charge in [-0.2, -0.15) is 5.10 Å². The minimum atomic E-state index is -1.34. The number of rotatable bonds is 6. The second-order valence-electron chi connectivity index (χ2n) is 6.50. The van der Waals surface area contributed by atoms with Crippen LogP contribution in [0.1, 0.15) is 34.5 Å². The summed E-state index contributed by atoms with van der Waals surface area (Å²) in [4.78, 5) is 24.4. The number of hydrazone groups is 1. The molecule has 0 bridgehead atoms. The number of aliphatic hydroxyl groups is 1. The largest absolute Gasteiger partial charge is 0.378 e. The molecule has 3 rings (SSSR count). The molecule has 0 aromatic heterocycles. The van der Waals surface area contributed by atoms with Gasteiger partial charge in [0.1, 0.15) is 5.82 Å². The van der Waals surface area contributed by atoms with E-state index >= 15 is 0 Å². The van der Waals surface area contributed by atoms with E-state index in [1.807, 2.05) is 0 Å².